The number of hydrogen-bond donors (Lipinski definition) is 6. The molecule has 1 fully saturated rings. The van der Waals surface area contributed by atoms with E-state index in [1.165, 1.54) is 199 Å². The van der Waals surface area contributed by atoms with Crippen LogP contribution in [0.25, 0.3) is 0 Å². The van der Waals surface area contributed by atoms with E-state index in [2.05, 4.69) is 74.7 Å². The highest BCUT2D eigenvalue weighted by molar-refractivity contribution is 5.80. The van der Waals surface area contributed by atoms with Gasteiger partial charge in [0.25, 0.3) is 0 Å². The fourth-order valence-corrected chi connectivity index (χ4v) is 10.8. The standard InChI is InChI=1S/C72H131NO10/c1-4-7-10-13-16-19-22-24-26-28-30-32-33-34-36-38-40-42-45-48-51-54-57-60-67(77)83-70-69(79)68(78)66(61-74)82-72(70)81-62-63(64(75)58-55-52-49-46-43-21-18-15-12-9-6-3)73-71(80)65(76)59-56-53-50-47-44-41-39-37-35-31-29-27-25-23-20-17-14-11-8-5-2/h16-17,19-20,24-27,55,58,63-66,68-70,72,74-76,78-79H,4-15,18,21-23,28-54,56-57,59-62H2,1-3H3,(H,73,80)/b19-16-,20-17-,26-24-,27-25-,58-55+. The molecule has 0 aromatic rings. The summed E-state index contributed by atoms with van der Waals surface area (Å²) in [6, 6.07) is -1.03. The van der Waals surface area contributed by atoms with Gasteiger partial charge in [-0.1, -0.05) is 287 Å². The van der Waals surface area contributed by atoms with Gasteiger partial charge < -0.3 is 45.1 Å². The van der Waals surface area contributed by atoms with E-state index in [1.807, 2.05) is 6.08 Å². The summed E-state index contributed by atoms with van der Waals surface area (Å²) in [4.78, 5) is 26.7. The maximum absolute atomic E-state index is 13.5. The van der Waals surface area contributed by atoms with Crippen LogP contribution in [0.2, 0.25) is 0 Å². The minimum atomic E-state index is -1.61. The molecule has 0 aromatic carbocycles. The van der Waals surface area contributed by atoms with Crippen molar-refractivity contribution in [1.29, 1.82) is 0 Å². The Kier molecular flexibility index (Phi) is 56.4. The second kappa shape index (κ2) is 59.7. The lowest BCUT2D eigenvalue weighted by Gasteiger charge is -2.41. The van der Waals surface area contributed by atoms with E-state index in [0.717, 1.165) is 77.0 Å². The Morgan fingerprint density at radius 2 is 0.831 bits per heavy atom. The largest absolute Gasteiger partial charge is 0.454 e. The molecule has 0 bridgehead atoms. The third-order valence-corrected chi connectivity index (χ3v) is 16.4. The minimum absolute atomic E-state index is 0.123. The van der Waals surface area contributed by atoms with Crippen LogP contribution >= 0.6 is 0 Å². The molecular formula is C72H131NO10. The average molecular weight is 1170 g/mol. The lowest BCUT2D eigenvalue weighted by molar-refractivity contribution is -0.305. The Balaban J connectivity index is 2.56. The summed E-state index contributed by atoms with van der Waals surface area (Å²) in [6.07, 6.45) is 65.4. The molecule has 83 heavy (non-hydrogen) atoms. The summed E-state index contributed by atoms with van der Waals surface area (Å²) in [5, 5.41) is 57.2. The highest BCUT2D eigenvalue weighted by Gasteiger charge is 2.47. The number of esters is 1. The normalized spacial score (nSPS) is 18.9. The lowest BCUT2D eigenvalue weighted by Crippen LogP contribution is -2.61. The molecule has 8 unspecified atom stereocenters. The number of rotatable bonds is 60. The second-order valence-electron chi connectivity index (χ2n) is 24.3. The lowest BCUT2D eigenvalue weighted by atomic mass is 9.99. The van der Waals surface area contributed by atoms with Crippen molar-refractivity contribution in [2.45, 2.75) is 372 Å². The number of aliphatic hydroxyl groups excluding tert-OH is 5. The van der Waals surface area contributed by atoms with Crippen LogP contribution in [-0.4, -0.2) is 99.6 Å². The van der Waals surface area contributed by atoms with E-state index < -0.39 is 67.4 Å². The van der Waals surface area contributed by atoms with Gasteiger partial charge >= 0.3 is 5.97 Å². The minimum Gasteiger partial charge on any atom is -0.454 e. The summed E-state index contributed by atoms with van der Waals surface area (Å²) >= 11 is 0. The maximum Gasteiger partial charge on any atom is 0.306 e. The van der Waals surface area contributed by atoms with E-state index in [1.54, 1.807) is 6.08 Å². The number of aliphatic hydroxyl groups is 5. The molecule has 0 spiro atoms. The molecule has 6 N–H and O–H groups in total. The molecule has 0 aromatic heterocycles. The smallest absolute Gasteiger partial charge is 0.306 e. The van der Waals surface area contributed by atoms with Gasteiger partial charge in [0, 0.05) is 6.42 Å². The van der Waals surface area contributed by atoms with Crippen molar-refractivity contribution < 1.29 is 49.3 Å². The molecular weight excluding hydrogens is 1040 g/mol. The molecule has 11 nitrogen and oxygen atoms in total. The predicted molar refractivity (Wildman–Crippen MR) is 347 cm³/mol. The molecule has 1 saturated heterocycles. The van der Waals surface area contributed by atoms with Gasteiger partial charge in [-0.3, -0.25) is 9.59 Å². The van der Waals surface area contributed by atoms with Crippen LogP contribution in [0.4, 0.5) is 0 Å². The molecule has 0 saturated carbocycles. The molecule has 1 heterocycles. The van der Waals surface area contributed by atoms with Crippen LogP contribution in [0.5, 0.6) is 0 Å². The first-order valence-corrected chi connectivity index (χ1v) is 35.1. The van der Waals surface area contributed by atoms with Gasteiger partial charge in [-0.25, -0.2) is 0 Å². The van der Waals surface area contributed by atoms with E-state index in [0.29, 0.717) is 12.8 Å². The zero-order chi connectivity index (χ0) is 60.3. The number of carbonyl (C=O) groups excluding carboxylic acids is 2. The Morgan fingerprint density at radius 1 is 0.470 bits per heavy atom. The van der Waals surface area contributed by atoms with Crippen LogP contribution < -0.4 is 5.32 Å². The van der Waals surface area contributed by atoms with E-state index in [4.69, 9.17) is 14.2 Å². The van der Waals surface area contributed by atoms with Gasteiger partial charge in [0.05, 0.1) is 25.4 Å². The number of unbranched alkanes of at least 4 members (excludes halogenated alkanes) is 38. The first-order chi connectivity index (χ1) is 40.7. The third kappa shape index (κ3) is 47.2. The Hall–Kier alpha value is -2.64. The van der Waals surface area contributed by atoms with Crippen molar-refractivity contribution >= 4 is 11.9 Å². The molecule has 1 aliphatic heterocycles. The van der Waals surface area contributed by atoms with Gasteiger partial charge in [-0.15, -0.1) is 0 Å². The fraction of sp³-hybridized carbons (Fsp3) is 0.833. The Labute approximate surface area is 509 Å². The van der Waals surface area contributed by atoms with Crippen molar-refractivity contribution in [2.75, 3.05) is 13.2 Å². The van der Waals surface area contributed by atoms with E-state index >= 15 is 0 Å². The zero-order valence-corrected chi connectivity index (χ0v) is 53.8. The predicted octanol–water partition coefficient (Wildman–Crippen LogP) is 17.7. The summed E-state index contributed by atoms with van der Waals surface area (Å²) in [5.41, 5.74) is 0. The molecule has 0 aliphatic carbocycles. The highest BCUT2D eigenvalue weighted by atomic mass is 16.7. The van der Waals surface area contributed by atoms with Gasteiger partial charge in [-0.05, 0) is 89.9 Å². The number of ether oxygens (including phenoxy) is 3. The Morgan fingerprint density at radius 3 is 1.25 bits per heavy atom. The van der Waals surface area contributed by atoms with Crippen molar-refractivity contribution in [2.24, 2.45) is 0 Å². The van der Waals surface area contributed by atoms with Gasteiger partial charge in [0.15, 0.2) is 12.4 Å². The summed E-state index contributed by atoms with van der Waals surface area (Å²) < 4.78 is 17.7. The topological polar surface area (TPSA) is 175 Å². The van der Waals surface area contributed by atoms with E-state index in [-0.39, 0.29) is 19.4 Å². The fourth-order valence-electron chi connectivity index (χ4n) is 10.8. The highest BCUT2D eigenvalue weighted by Crippen LogP contribution is 2.26. The number of hydrogen-bond acceptors (Lipinski definition) is 10. The second-order valence-corrected chi connectivity index (χ2v) is 24.3. The van der Waals surface area contributed by atoms with Crippen molar-refractivity contribution in [1.82, 2.24) is 5.32 Å². The van der Waals surface area contributed by atoms with E-state index in [9.17, 15) is 35.1 Å². The van der Waals surface area contributed by atoms with Gasteiger partial charge in [0.1, 0.15) is 24.4 Å². The molecule has 1 amide bonds. The summed E-state index contributed by atoms with van der Waals surface area (Å²) in [5.74, 6) is -1.19. The maximum atomic E-state index is 13.5. The summed E-state index contributed by atoms with van der Waals surface area (Å²) in [6.45, 7) is 5.77. The van der Waals surface area contributed by atoms with Crippen LogP contribution in [0.15, 0.2) is 60.8 Å². The van der Waals surface area contributed by atoms with Crippen LogP contribution in [0.3, 0.4) is 0 Å². The first kappa shape index (κ1) is 78.4. The van der Waals surface area contributed by atoms with Crippen LogP contribution in [-0.2, 0) is 23.8 Å². The summed E-state index contributed by atoms with van der Waals surface area (Å²) in [7, 11) is 0. The van der Waals surface area contributed by atoms with Crippen LogP contribution in [0, 0.1) is 0 Å². The van der Waals surface area contributed by atoms with Gasteiger partial charge in [0.2, 0.25) is 5.91 Å². The third-order valence-electron chi connectivity index (χ3n) is 16.4. The Bertz CT molecular complexity index is 1580. The van der Waals surface area contributed by atoms with Crippen LogP contribution in [0.1, 0.15) is 323 Å². The van der Waals surface area contributed by atoms with Crippen molar-refractivity contribution in [3.05, 3.63) is 60.8 Å². The number of carbonyl (C=O) groups is 2. The van der Waals surface area contributed by atoms with Crippen molar-refractivity contribution in [3.8, 4) is 0 Å². The average Bonchev–Trinajstić information content (AvgIpc) is 3.68. The first-order valence-electron chi connectivity index (χ1n) is 35.1. The van der Waals surface area contributed by atoms with Gasteiger partial charge in [-0.2, -0.15) is 0 Å². The molecule has 1 rings (SSSR count). The SMILES string of the molecule is CCCCC/C=C\C/C=C\CCCCCCCCCCCCCCCC(=O)OC1C(OCC(NC(=O)C(O)CCCCCCCCCCCC/C=C\C/C=C\CCCCC)C(O)/C=C/CCCCCCCCCCC)OC(CO)C(O)C1O. The monoisotopic (exact) mass is 1170 g/mol. The number of amides is 1. The molecule has 0 radical (unpaired) electrons. The molecule has 11 heteroatoms. The quantitative estimate of drug-likeness (QED) is 0.0195. The zero-order valence-electron chi connectivity index (χ0n) is 53.8. The number of nitrogens with one attached hydrogen (secondary N) is 1. The molecule has 484 valence electrons. The molecule has 8 atom stereocenters. The molecule has 1 aliphatic rings. The number of allylic oxidation sites excluding steroid dienone is 9. The van der Waals surface area contributed by atoms with Crippen molar-refractivity contribution in [3.63, 3.8) is 0 Å².